The van der Waals surface area contributed by atoms with Crippen molar-refractivity contribution in [1.29, 1.82) is 5.26 Å². The van der Waals surface area contributed by atoms with Crippen LogP contribution in [0.4, 0.5) is 0 Å². The minimum absolute atomic E-state index is 0.437. The van der Waals surface area contributed by atoms with Crippen molar-refractivity contribution in [2.45, 2.75) is 64.7 Å². The molecule has 190 valence electrons. The summed E-state index contributed by atoms with van der Waals surface area (Å²) in [6, 6.07) is 24.1. The molecule has 3 aromatic carbocycles. The van der Waals surface area contributed by atoms with Gasteiger partial charge in [0.15, 0.2) is 6.20 Å². The molecule has 2 heterocycles. The quantitative estimate of drug-likeness (QED) is 0.231. The van der Waals surface area contributed by atoms with Gasteiger partial charge in [-0.25, -0.2) is 4.57 Å². The molecule has 5 aromatic rings. The van der Waals surface area contributed by atoms with E-state index in [0.29, 0.717) is 17.4 Å². The summed E-state index contributed by atoms with van der Waals surface area (Å²) in [7, 11) is 2.09. The number of hydrogen-bond acceptors (Lipinski definition) is 2. The molecule has 0 bridgehead atoms. The molecular formula is C35H35N2O+. The third-order valence-corrected chi connectivity index (χ3v) is 8.51. The second-order valence-electron chi connectivity index (χ2n) is 11.3. The molecule has 6 rings (SSSR count). The second kappa shape index (κ2) is 9.76. The second-order valence-corrected chi connectivity index (χ2v) is 11.3. The van der Waals surface area contributed by atoms with Crippen LogP contribution in [0.3, 0.4) is 0 Å². The van der Waals surface area contributed by atoms with Gasteiger partial charge in [-0.15, -0.1) is 0 Å². The number of rotatable bonds is 4. The van der Waals surface area contributed by atoms with Crippen LogP contribution < -0.4 is 4.57 Å². The molecule has 0 aliphatic heterocycles. The van der Waals surface area contributed by atoms with Crippen LogP contribution in [-0.2, 0) is 7.05 Å². The molecule has 38 heavy (non-hydrogen) atoms. The number of nitriles is 1. The topological polar surface area (TPSA) is 40.8 Å². The molecule has 0 N–H and O–H groups in total. The molecule has 0 amide bonds. The van der Waals surface area contributed by atoms with Crippen LogP contribution >= 0.6 is 0 Å². The third-order valence-electron chi connectivity index (χ3n) is 8.51. The zero-order chi connectivity index (χ0) is 26.4. The minimum atomic E-state index is 0.437. The molecule has 1 aliphatic rings. The Balaban J connectivity index is 1.56. The fourth-order valence-corrected chi connectivity index (χ4v) is 6.25. The van der Waals surface area contributed by atoms with Crippen molar-refractivity contribution in [3.63, 3.8) is 0 Å². The van der Waals surface area contributed by atoms with Gasteiger partial charge in [0.25, 0.3) is 0 Å². The van der Waals surface area contributed by atoms with Gasteiger partial charge in [-0.3, -0.25) is 0 Å². The number of aryl methyl sites for hydroxylation is 2. The van der Waals surface area contributed by atoms with Gasteiger partial charge in [0, 0.05) is 28.5 Å². The van der Waals surface area contributed by atoms with E-state index in [1.807, 2.05) is 12.1 Å². The van der Waals surface area contributed by atoms with Gasteiger partial charge < -0.3 is 4.42 Å². The van der Waals surface area contributed by atoms with Crippen molar-refractivity contribution < 1.29 is 8.98 Å². The van der Waals surface area contributed by atoms with Gasteiger partial charge in [-0.05, 0) is 66.0 Å². The monoisotopic (exact) mass is 499 g/mol. The molecule has 1 fully saturated rings. The van der Waals surface area contributed by atoms with Crippen LogP contribution in [0.5, 0.6) is 0 Å². The zero-order valence-electron chi connectivity index (χ0n) is 22.8. The molecule has 2 aromatic heterocycles. The molecule has 1 aliphatic carbocycles. The fraction of sp³-hybridized carbons (Fsp3) is 0.314. The minimum Gasteiger partial charge on any atom is -0.454 e. The van der Waals surface area contributed by atoms with Gasteiger partial charge in [0.05, 0.1) is 17.2 Å². The Morgan fingerprint density at radius 2 is 1.55 bits per heavy atom. The Labute approximate surface area is 225 Å². The van der Waals surface area contributed by atoms with E-state index in [4.69, 9.17) is 4.42 Å². The summed E-state index contributed by atoms with van der Waals surface area (Å²) in [5, 5.41) is 12.2. The van der Waals surface area contributed by atoms with E-state index in [2.05, 4.69) is 93.2 Å². The van der Waals surface area contributed by atoms with Gasteiger partial charge in [0.1, 0.15) is 18.2 Å². The molecule has 0 atom stereocenters. The molecule has 1 saturated carbocycles. The van der Waals surface area contributed by atoms with Crippen molar-refractivity contribution in [3.8, 4) is 28.5 Å². The van der Waals surface area contributed by atoms with E-state index in [0.717, 1.165) is 44.3 Å². The summed E-state index contributed by atoms with van der Waals surface area (Å²) in [4.78, 5) is 0. The number of pyridine rings is 1. The van der Waals surface area contributed by atoms with Crippen LogP contribution in [0.25, 0.3) is 44.3 Å². The smallest absolute Gasteiger partial charge is 0.216 e. The van der Waals surface area contributed by atoms with Crippen LogP contribution in [0, 0.1) is 18.3 Å². The maximum absolute atomic E-state index is 10.1. The molecular weight excluding hydrogens is 464 g/mol. The van der Waals surface area contributed by atoms with Gasteiger partial charge in [-0.2, -0.15) is 5.26 Å². The van der Waals surface area contributed by atoms with E-state index in [1.54, 1.807) is 0 Å². The van der Waals surface area contributed by atoms with Crippen molar-refractivity contribution in [3.05, 3.63) is 89.1 Å². The van der Waals surface area contributed by atoms with Crippen molar-refractivity contribution in [1.82, 2.24) is 0 Å². The summed E-state index contributed by atoms with van der Waals surface area (Å²) in [5.41, 5.74) is 10.4. The Bertz CT molecular complexity index is 1690. The number of hydrogen-bond donors (Lipinski definition) is 0. The van der Waals surface area contributed by atoms with Crippen LogP contribution in [0.1, 0.15) is 80.0 Å². The highest BCUT2D eigenvalue weighted by molar-refractivity contribution is 6.14. The maximum Gasteiger partial charge on any atom is 0.216 e. The first kappa shape index (κ1) is 24.4. The lowest BCUT2D eigenvalue weighted by molar-refractivity contribution is -0.660. The van der Waals surface area contributed by atoms with Gasteiger partial charge >= 0.3 is 0 Å². The largest absolute Gasteiger partial charge is 0.454 e. The van der Waals surface area contributed by atoms with Crippen LogP contribution in [-0.4, -0.2) is 0 Å². The lowest BCUT2D eigenvalue weighted by Gasteiger charge is -2.22. The summed E-state index contributed by atoms with van der Waals surface area (Å²) in [6.07, 6.45) is 8.69. The van der Waals surface area contributed by atoms with Crippen LogP contribution in [0.15, 0.2) is 71.3 Å². The van der Waals surface area contributed by atoms with E-state index >= 15 is 0 Å². The highest BCUT2D eigenvalue weighted by Crippen LogP contribution is 2.42. The summed E-state index contributed by atoms with van der Waals surface area (Å²) in [6.45, 7) is 6.60. The van der Waals surface area contributed by atoms with Gasteiger partial charge in [-0.1, -0.05) is 69.5 Å². The highest BCUT2D eigenvalue weighted by atomic mass is 16.3. The predicted octanol–water partition coefficient (Wildman–Crippen LogP) is 9.10. The fourth-order valence-electron chi connectivity index (χ4n) is 6.25. The van der Waals surface area contributed by atoms with Crippen molar-refractivity contribution in [2.24, 2.45) is 7.05 Å². The summed E-state index contributed by atoms with van der Waals surface area (Å²) >= 11 is 0. The van der Waals surface area contributed by atoms with Crippen molar-refractivity contribution in [2.75, 3.05) is 0 Å². The standard InChI is InChI=1S/C35H35N2O/c1-22(2)27-18-19-37(4)31(20-27)32-23(3)10-16-29-30-17-15-28(21-36)33(35(30)38-34(29)32)26-13-11-25(12-14-26)24-8-6-5-7-9-24/h10-20,22,24H,5-9H2,1-4H3/q+1. The molecule has 0 radical (unpaired) electrons. The molecule has 0 spiro atoms. The Morgan fingerprint density at radius 3 is 2.24 bits per heavy atom. The predicted molar refractivity (Wildman–Crippen MR) is 155 cm³/mol. The van der Waals surface area contributed by atoms with Gasteiger partial charge in [0.2, 0.25) is 5.69 Å². The Morgan fingerprint density at radius 1 is 0.868 bits per heavy atom. The lowest BCUT2D eigenvalue weighted by atomic mass is 9.83. The molecule has 0 saturated heterocycles. The van der Waals surface area contributed by atoms with Crippen LogP contribution in [0.2, 0.25) is 0 Å². The average molecular weight is 500 g/mol. The first-order valence-corrected chi connectivity index (χ1v) is 14.0. The van der Waals surface area contributed by atoms with E-state index < -0.39 is 0 Å². The molecule has 3 heteroatoms. The first-order valence-electron chi connectivity index (χ1n) is 14.0. The Hall–Kier alpha value is -3.90. The third kappa shape index (κ3) is 4.09. The average Bonchev–Trinajstić information content (AvgIpc) is 3.32. The summed E-state index contributed by atoms with van der Waals surface area (Å²) < 4.78 is 8.96. The number of benzene rings is 3. The molecule has 0 unspecified atom stereocenters. The van der Waals surface area contributed by atoms with Crippen molar-refractivity contribution >= 4 is 21.9 Å². The first-order chi connectivity index (χ1) is 18.5. The number of aromatic nitrogens is 1. The summed E-state index contributed by atoms with van der Waals surface area (Å²) in [5.74, 6) is 1.09. The SMILES string of the molecule is Cc1ccc2c(oc3c(-c4ccc(C5CCCCC5)cc4)c(C#N)ccc32)c1-c1cc(C(C)C)cc[n+]1C. The lowest BCUT2D eigenvalue weighted by Crippen LogP contribution is -2.31. The Kier molecular flexibility index (Phi) is 6.28. The van der Waals surface area contributed by atoms with E-state index in [-0.39, 0.29) is 0 Å². The number of nitrogens with zero attached hydrogens (tertiary/aromatic N) is 2. The normalized spacial score (nSPS) is 14.4. The highest BCUT2D eigenvalue weighted by Gasteiger charge is 2.24. The van der Waals surface area contributed by atoms with E-state index in [9.17, 15) is 5.26 Å². The molecule has 3 nitrogen and oxygen atoms in total. The maximum atomic E-state index is 10.1. The number of fused-ring (bicyclic) bond motifs is 3. The van der Waals surface area contributed by atoms with E-state index in [1.165, 1.54) is 48.8 Å². The number of furan rings is 1. The zero-order valence-corrected chi connectivity index (χ0v) is 22.8.